The fourth-order valence-electron chi connectivity index (χ4n) is 3.15. The minimum absolute atomic E-state index is 0.0179. The number of ether oxygens (including phenoxy) is 1. The second-order valence-electron chi connectivity index (χ2n) is 6.28. The number of carbonyl (C=O) groups excluding carboxylic acids is 1. The van der Waals surface area contributed by atoms with E-state index in [1.54, 1.807) is 15.7 Å². The summed E-state index contributed by atoms with van der Waals surface area (Å²) in [4.78, 5) is 31.5. The summed E-state index contributed by atoms with van der Waals surface area (Å²) in [6.45, 7) is 1.89. The van der Waals surface area contributed by atoms with Gasteiger partial charge in [-0.2, -0.15) is 0 Å². The van der Waals surface area contributed by atoms with Crippen molar-refractivity contribution in [1.82, 2.24) is 9.38 Å². The molecule has 3 aromatic rings. The zero-order valence-corrected chi connectivity index (χ0v) is 15.5. The van der Waals surface area contributed by atoms with Gasteiger partial charge in [-0.15, -0.1) is 22.7 Å². The lowest BCUT2D eigenvalue weighted by Crippen LogP contribution is -2.16. The van der Waals surface area contributed by atoms with Crippen molar-refractivity contribution >= 4 is 33.6 Å². The van der Waals surface area contributed by atoms with E-state index in [2.05, 4.69) is 4.98 Å². The number of hydrogen-bond donors (Lipinski definition) is 0. The van der Waals surface area contributed by atoms with Crippen molar-refractivity contribution in [2.75, 3.05) is 0 Å². The minimum Gasteiger partial charge on any atom is -0.455 e. The Labute approximate surface area is 152 Å². The molecule has 0 aromatic carbocycles. The predicted octanol–water partition coefficient (Wildman–Crippen LogP) is 3.75. The molecule has 0 unspecified atom stereocenters. The molecule has 7 heteroatoms. The summed E-state index contributed by atoms with van der Waals surface area (Å²) in [7, 11) is 0. The summed E-state index contributed by atoms with van der Waals surface area (Å²) in [6, 6.07) is 3.41. The highest BCUT2D eigenvalue weighted by atomic mass is 32.1. The number of rotatable bonds is 3. The third-order valence-electron chi connectivity index (χ3n) is 4.43. The third-order valence-corrected chi connectivity index (χ3v) is 6.59. The van der Waals surface area contributed by atoms with E-state index in [0.29, 0.717) is 15.5 Å². The number of esters is 1. The first-order valence-electron chi connectivity index (χ1n) is 8.37. The molecule has 3 aromatic heterocycles. The molecule has 0 aliphatic heterocycles. The van der Waals surface area contributed by atoms with E-state index in [1.807, 2.05) is 18.4 Å². The number of carbonyl (C=O) groups is 1. The van der Waals surface area contributed by atoms with E-state index < -0.39 is 0 Å². The number of aromatic nitrogens is 2. The lowest BCUT2D eigenvalue weighted by atomic mass is 10.1. The van der Waals surface area contributed by atoms with E-state index in [1.165, 1.54) is 47.1 Å². The molecule has 4 rings (SSSR count). The van der Waals surface area contributed by atoms with E-state index >= 15 is 0 Å². The van der Waals surface area contributed by atoms with Gasteiger partial charge >= 0.3 is 5.97 Å². The first-order chi connectivity index (χ1) is 12.1. The molecule has 3 heterocycles. The van der Waals surface area contributed by atoms with Gasteiger partial charge in [0.15, 0.2) is 4.96 Å². The molecule has 0 fully saturated rings. The Bertz CT molecular complexity index is 976. The Balaban J connectivity index is 1.49. The lowest BCUT2D eigenvalue weighted by Gasteiger charge is -2.03. The van der Waals surface area contributed by atoms with Crippen LogP contribution in [0.5, 0.6) is 0 Å². The Kier molecular flexibility index (Phi) is 4.43. The van der Waals surface area contributed by atoms with E-state index in [-0.39, 0.29) is 18.1 Å². The average molecular weight is 374 g/mol. The third kappa shape index (κ3) is 3.26. The van der Waals surface area contributed by atoms with Crippen molar-refractivity contribution in [2.45, 2.75) is 45.6 Å². The molecular formula is C18H18N2O3S2. The summed E-state index contributed by atoms with van der Waals surface area (Å²) >= 11 is 2.95. The predicted molar refractivity (Wildman–Crippen MR) is 98.8 cm³/mol. The maximum Gasteiger partial charge on any atom is 0.348 e. The highest BCUT2D eigenvalue weighted by molar-refractivity contribution is 7.15. The molecule has 5 nitrogen and oxygen atoms in total. The van der Waals surface area contributed by atoms with Crippen LogP contribution in [-0.2, 0) is 24.2 Å². The van der Waals surface area contributed by atoms with Crippen molar-refractivity contribution in [1.29, 1.82) is 0 Å². The van der Waals surface area contributed by atoms with Gasteiger partial charge < -0.3 is 4.74 Å². The molecule has 130 valence electrons. The van der Waals surface area contributed by atoms with Gasteiger partial charge in [-0.25, -0.2) is 9.78 Å². The summed E-state index contributed by atoms with van der Waals surface area (Å²) in [6.07, 6.45) is 5.74. The van der Waals surface area contributed by atoms with Gasteiger partial charge in [0.05, 0.1) is 5.69 Å². The fraction of sp³-hybridized carbons (Fsp3) is 0.389. The molecule has 0 saturated heterocycles. The second kappa shape index (κ2) is 6.72. The SMILES string of the molecule is Cc1csc2nc(COC(=O)c3cc4c(s3)CCCCC4)cc(=O)n12. The quantitative estimate of drug-likeness (QED) is 0.517. The highest BCUT2D eigenvalue weighted by Crippen LogP contribution is 2.29. The van der Waals surface area contributed by atoms with E-state index in [0.717, 1.165) is 18.5 Å². The van der Waals surface area contributed by atoms with Crippen LogP contribution >= 0.6 is 22.7 Å². The van der Waals surface area contributed by atoms with E-state index in [4.69, 9.17) is 4.74 Å². The Hall–Kier alpha value is -1.99. The summed E-state index contributed by atoms with van der Waals surface area (Å²) in [5.41, 5.74) is 2.50. The Morgan fingerprint density at radius 3 is 3.00 bits per heavy atom. The Morgan fingerprint density at radius 1 is 1.28 bits per heavy atom. The summed E-state index contributed by atoms with van der Waals surface area (Å²) in [5, 5.41) is 1.89. The number of thiazole rings is 1. The Morgan fingerprint density at radius 2 is 2.12 bits per heavy atom. The van der Waals surface area contributed by atoms with Crippen LogP contribution in [0.1, 0.15) is 50.8 Å². The van der Waals surface area contributed by atoms with Crippen LogP contribution in [-0.4, -0.2) is 15.4 Å². The van der Waals surface area contributed by atoms with Gasteiger partial charge in [0, 0.05) is 22.0 Å². The molecule has 1 aliphatic rings. The second-order valence-corrected chi connectivity index (χ2v) is 8.25. The van der Waals surface area contributed by atoms with Gasteiger partial charge in [-0.1, -0.05) is 6.42 Å². The molecule has 1 aliphatic carbocycles. The van der Waals surface area contributed by atoms with Gasteiger partial charge in [0.1, 0.15) is 11.5 Å². The van der Waals surface area contributed by atoms with Crippen LogP contribution in [0.3, 0.4) is 0 Å². The van der Waals surface area contributed by atoms with Crippen molar-refractivity contribution in [3.8, 4) is 0 Å². The van der Waals surface area contributed by atoms with Gasteiger partial charge in [0.25, 0.3) is 5.56 Å². The van der Waals surface area contributed by atoms with Crippen LogP contribution in [0.15, 0.2) is 22.3 Å². The zero-order valence-electron chi connectivity index (χ0n) is 13.9. The molecule has 0 N–H and O–H groups in total. The number of nitrogens with zero attached hydrogens (tertiary/aromatic N) is 2. The van der Waals surface area contributed by atoms with Crippen LogP contribution in [0.25, 0.3) is 4.96 Å². The van der Waals surface area contributed by atoms with Crippen molar-refractivity contribution < 1.29 is 9.53 Å². The number of aryl methyl sites for hydroxylation is 3. The fourth-order valence-corrected chi connectivity index (χ4v) is 5.19. The van der Waals surface area contributed by atoms with Crippen molar-refractivity contribution in [2.24, 2.45) is 0 Å². The largest absolute Gasteiger partial charge is 0.455 e. The van der Waals surface area contributed by atoms with Crippen molar-refractivity contribution in [3.05, 3.63) is 54.6 Å². The van der Waals surface area contributed by atoms with Crippen LogP contribution in [0.4, 0.5) is 0 Å². The first-order valence-corrected chi connectivity index (χ1v) is 10.1. The van der Waals surface area contributed by atoms with E-state index in [9.17, 15) is 9.59 Å². The first kappa shape index (κ1) is 16.5. The molecule has 25 heavy (non-hydrogen) atoms. The molecule has 0 radical (unpaired) electrons. The molecule has 0 saturated carbocycles. The molecule has 0 bridgehead atoms. The maximum absolute atomic E-state index is 12.4. The number of hydrogen-bond acceptors (Lipinski definition) is 6. The normalized spacial score (nSPS) is 14.3. The smallest absolute Gasteiger partial charge is 0.348 e. The zero-order chi connectivity index (χ0) is 17.4. The van der Waals surface area contributed by atoms with Crippen LogP contribution in [0, 0.1) is 6.92 Å². The minimum atomic E-state index is -0.331. The van der Waals surface area contributed by atoms with Gasteiger partial charge in [0.2, 0.25) is 0 Å². The highest BCUT2D eigenvalue weighted by Gasteiger charge is 2.18. The molecule has 0 atom stereocenters. The molecule has 0 amide bonds. The maximum atomic E-state index is 12.4. The van der Waals surface area contributed by atoms with Gasteiger partial charge in [-0.05, 0) is 44.2 Å². The lowest BCUT2D eigenvalue weighted by molar-refractivity contribution is 0.0473. The molecular weight excluding hydrogens is 356 g/mol. The summed E-state index contributed by atoms with van der Waals surface area (Å²) in [5.74, 6) is -0.331. The molecule has 0 spiro atoms. The number of thiophene rings is 1. The monoisotopic (exact) mass is 374 g/mol. The number of fused-ring (bicyclic) bond motifs is 2. The summed E-state index contributed by atoms with van der Waals surface area (Å²) < 4.78 is 6.96. The topological polar surface area (TPSA) is 60.7 Å². The van der Waals surface area contributed by atoms with Crippen LogP contribution in [0.2, 0.25) is 0 Å². The average Bonchev–Trinajstić information content (AvgIpc) is 3.10. The van der Waals surface area contributed by atoms with Crippen LogP contribution < -0.4 is 5.56 Å². The van der Waals surface area contributed by atoms with Gasteiger partial charge in [-0.3, -0.25) is 9.20 Å². The van der Waals surface area contributed by atoms with Crippen molar-refractivity contribution in [3.63, 3.8) is 0 Å². The standard InChI is InChI=1S/C18H18N2O3S2/c1-11-10-24-18-19-13(8-16(21)20(11)18)9-23-17(22)15-7-12-5-3-2-4-6-14(12)25-15/h7-8,10H,2-6,9H2,1H3.